The maximum absolute atomic E-state index is 11.4. The summed E-state index contributed by atoms with van der Waals surface area (Å²) in [6, 6.07) is 7.46. The summed E-state index contributed by atoms with van der Waals surface area (Å²) in [5.74, 6) is 0.202. The normalized spacial score (nSPS) is 16.1. The minimum atomic E-state index is 0.202. The Morgan fingerprint density at radius 3 is 2.62 bits per heavy atom. The topological polar surface area (TPSA) is 17.1 Å². The molecule has 0 aliphatic heterocycles. The van der Waals surface area contributed by atoms with Crippen molar-refractivity contribution in [3.8, 4) is 0 Å². The van der Waals surface area contributed by atoms with E-state index in [1.165, 1.54) is 0 Å². The highest BCUT2D eigenvalue weighted by Crippen LogP contribution is 2.29. The third-order valence-corrected chi connectivity index (χ3v) is 2.51. The van der Waals surface area contributed by atoms with Gasteiger partial charge in [-0.25, -0.2) is 0 Å². The van der Waals surface area contributed by atoms with Crippen molar-refractivity contribution < 1.29 is 4.79 Å². The fourth-order valence-corrected chi connectivity index (χ4v) is 1.77. The Bertz CT molecular complexity index is 379. The van der Waals surface area contributed by atoms with E-state index in [1.807, 2.05) is 30.3 Å². The van der Waals surface area contributed by atoms with E-state index in [2.05, 4.69) is 0 Å². The Kier molecular flexibility index (Phi) is 2.19. The quantitative estimate of drug-likeness (QED) is 0.669. The molecule has 0 bridgehead atoms. The molecule has 0 saturated carbocycles. The molecule has 0 aromatic heterocycles. The third-order valence-electron chi connectivity index (χ3n) is 2.18. The lowest BCUT2D eigenvalue weighted by Crippen LogP contribution is -1.95. The first-order chi connectivity index (χ1) is 6.29. The lowest BCUT2D eigenvalue weighted by Gasteiger charge is -2.02. The molecule has 66 valence electrons. The highest BCUT2D eigenvalue weighted by molar-refractivity contribution is 6.35. The average molecular weight is 193 g/mol. The smallest absolute Gasteiger partial charge is 0.163 e. The molecule has 1 aliphatic carbocycles. The average Bonchev–Trinajstić information content (AvgIpc) is 2.52. The lowest BCUT2D eigenvalue weighted by molar-refractivity contribution is -0.113. The summed E-state index contributed by atoms with van der Waals surface area (Å²) in [7, 11) is 0. The number of carbonyl (C=O) groups excluding carboxylic acids is 1. The standard InChI is InChI=1S/C11H9ClO/c12-10-6-2-1-4-8(10)9-5-3-7-11(9)13/h1-2,4-6H,3,7H2. The van der Waals surface area contributed by atoms with Crippen LogP contribution in [0.1, 0.15) is 18.4 Å². The number of rotatable bonds is 1. The van der Waals surface area contributed by atoms with Crippen molar-refractivity contribution in [2.45, 2.75) is 12.8 Å². The van der Waals surface area contributed by atoms with Crippen LogP contribution in [0.15, 0.2) is 30.3 Å². The molecule has 0 fully saturated rings. The fourth-order valence-electron chi connectivity index (χ4n) is 1.54. The monoisotopic (exact) mass is 192 g/mol. The van der Waals surface area contributed by atoms with E-state index in [0.29, 0.717) is 11.4 Å². The summed E-state index contributed by atoms with van der Waals surface area (Å²) in [6.07, 6.45) is 3.43. The Labute approximate surface area is 82.0 Å². The summed E-state index contributed by atoms with van der Waals surface area (Å²) >= 11 is 5.98. The van der Waals surface area contributed by atoms with Crippen LogP contribution in [-0.4, -0.2) is 5.78 Å². The van der Waals surface area contributed by atoms with Crippen molar-refractivity contribution >= 4 is 23.0 Å². The molecule has 0 N–H and O–H groups in total. The molecule has 0 spiro atoms. The van der Waals surface area contributed by atoms with Gasteiger partial charge in [-0.15, -0.1) is 0 Å². The van der Waals surface area contributed by atoms with Gasteiger partial charge in [-0.2, -0.15) is 0 Å². The van der Waals surface area contributed by atoms with Crippen molar-refractivity contribution in [3.63, 3.8) is 0 Å². The number of ketones is 1. The molecule has 0 radical (unpaired) electrons. The van der Waals surface area contributed by atoms with Gasteiger partial charge in [0, 0.05) is 22.6 Å². The number of hydrogen-bond acceptors (Lipinski definition) is 1. The molecule has 0 heterocycles. The zero-order valence-electron chi connectivity index (χ0n) is 7.09. The predicted molar refractivity (Wildman–Crippen MR) is 53.7 cm³/mol. The van der Waals surface area contributed by atoms with E-state index in [9.17, 15) is 4.79 Å². The minimum Gasteiger partial charge on any atom is -0.294 e. The van der Waals surface area contributed by atoms with E-state index in [-0.39, 0.29) is 5.78 Å². The number of carbonyl (C=O) groups is 1. The first-order valence-electron chi connectivity index (χ1n) is 4.27. The number of benzene rings is 1. The Hall–Kier alpha value is -1.08. The fraction of sp³-hybridized carbons (Fsp3) is 0.182. The van der Waals surface area contributed by atoms with E-state index in [0.717, 1.165) is 17.6 Å². The van der Waals surface area contributed by atoms with Crippen molar-refractivity contribution in [3.05, 3.63) is 40.9 Å². The zero-order valence-corrected chi connectivity index (χ0v) is 7.84. The number of hydrogen-bond donors (Lipinski definition) is 0. The van der Waals surface area contributed by atoms with Crippen LogP contribution in [0.3, 0.4) is 0 Å². The van der Waals surface area contributed by atoms with Crippen LogP contribution in [0.25, 0.3) is 5.57 Å². The molecule has 1 aromatic rings. The Balaban J connectivity index is 2.46. The van der Waals surface area contributed by atoms with Crippen molar-refractivity contribution in [2.75, 3.05) is 0 Å². The van der Waals surface area contributed by atoms with E-state index in [4.69, 9.17) is 11.6 Å². The summed E-state index contributed by atoms with van der Waals surface area (Å²) in [5, 5.41) is 0.656. The van der Waals surface area contributed by atoms with E-state index >= 15 is 0 Å². The van der Waals surface area contributed by atoms with Gasteiger partial charge < -0.3 is 0 Å². The van der Waals surface area contributed by atoms with Crippen molar-refractivity contribution in [2.24, 2.45) is 0 Å². The summed E-state index contributed by atoms with van der Waals surface area (Å²) in [5.41, 5.74) is 1.65. The van der Waals surface area contributed by atoms with Gasteiger partial charge in [-0.05, 0) is 12.5 Å². The largest absolute Gasteiger partial charge is 0.294 e. The molecule has 0 amide bonds. The van der Waals surface area contributed by atoms with Crippen molar-refractivity contribution in [1.29, 1.82) is 0 Å². The second-order valence-electron chi connectivity index (χ2n) is 3.06. The highest BCUT2D eigenvalue weighted by atomic mass is 35.5. The van der Waals surface area contributed by atoms with Gasteiger partial charge in [0.25, 0.3) is 0 Å². The second-order valence-corrected chi connectivity index (χ2v) is 3.47. The molecule has 13 heavy (non-hydrogen) atoms. The van der Waals surface area contributed by atoms with Gasteiger partial charge in [0.15, 0.2) is 5.78 Å². The van der Waals surface area contributed by atoms with Gasteiger partial charge in [0.05, 0.1) is 0 Å². The van der Waals surface area contributed by atoms with Crippen LogP contribution < -0.4 is 0 Å². The van der Waals surface area contributed by atoms with Crippen LogP contribution in [0, 0.1) is 0 Å². The van der Waals surface area contributed by atoms with Gasteiger partial charge >= 0.3 is 0 Å². The summed E-state index contributed by atoms with van der Waals surface area (Å²) < 4.78 is 0. The van der Waals surface area contributed by atoms with Crippen LogP contribution in [0.4, 0.5) is 0 Å². The van der Waals surface area contributed by atoms with Crippen LogP contribution >= 0.6 is 11.6 Å². The maximum atomic E-state index is 11.4. The third kappa shape index (κ3) is 1.52. The number of allylic oxidation sites excluding steroid dienone is 2. The molecular weight excluding hydrogens is 184 g/mol. The van der Waals surface area contributed by atoms with E-state index < -0.39 is 0 Å². The van der Waals surface area contributed by atoms with Gasteiger partial charge in [-0.1, -0.05) is 35.9 Å². The SMILES string of the molecule is O=C1CCC=C1c1ccccc1Cl. The van der Waals surface area contributed by atoms with Gasteiger partial charge in [-0.3, -0.25) is 4.79 Å². The highest BCUT2D eigenvalue weighted by Gasteiger charge is 2.18. The lowest BCUT2D eigenvalue weighted by atomic mass is 10.1. The molecule has 2 heteroatoms. The number of Topliss-reactive ketones (excluding diaryl/α,β-unsaturated/α-hetero) is 1. The zero-order chi connectivity index (χ0) is 9.26. The number of halogens is 1. The first kappa shape index (κ1) is 8.52. The Morgan fingerprint density at radius 2 is 2.00 bits per heavy atom. The van der Waals surface area contributed by atoms with Crippen LogP contribution in [0.5, 0.6) is 0 Å². The maximum Gasteiger partial charge on any atom is 0.163 e. The molecule has 0 unspecified atom stereocenters. The van der Waals surface area contributed by atoms with Crippen LogP contribution in [-0.2, 0) is 4.79 Å². The molecular formula is C11H9ClO. The molecule has 1 nitrogen and oxygen atoms in total. The second kappa shape index (κ2) is 3.35. The van der Waals surface area contributed by atoms with Gasteiger partial charge in [0.1, 0.15) is 0 Å². The van der Waals surface area contributed by atoms with E-state index in [1.54, 1.807) is 0 Å². The first-order valence-corrected chi connectivity index (χ1v) is 4.65. The molecule has 2 rings (SSSR count). The molecule has 1 aliphatic rings. The van der Waals surface area contributed by atoms with Crippen molar-refractivity contribution in [1.82, 2.24) is 0 Å². The summed E-state index contributed by atoms with van der Waals surface area (Å²) in [6.45, 7) is 0. The van der Waals surface area contributed by atoms with Gasteiger partial charge in [0.2, 0.25) is 0 Å². The van der Waals surface area contributed by atoms with Crippen LogP contribution in [0.2, 0.25) is 5.02 Å². The summed E-state index contributed by atoms with van der Waals surface area (Å²) in [4.78, 5) is 11.4. The minimum absolute atomic E-state index is 0.202. The predicted octanol–water partition coefficient (Wildman–Crippen LogP) is 3.09. The molecule has 1 aromatic carbocycles. The molecule has 0 atom stereocenters. The molecule has 0 saturated heterocycles. The Morgan fingerprint density at radius 1 is 1.23 bits per heavy atom.